The number of halogens is 1. The first-order chi connectivity index (χ1) is 11.2. The van der Waals surface area contributed by atoms with E-state index < -0.39 is 0 Å². The van der Waals surface area contributed by atoms with E-state index in [1.54, 1.807) is 12.1 Å². The zero-order valence-electron chi connectivity index (χ0n) is 13.4. The molecule has 0 N–H and O–H groups in total. The summed E-state index contributed by atoms with van der Waals surface area (Å²) in [6.45, 7) is 4.25. The van der Waals surface area contributed by atoms with Crippen LogP contribution in [0.25, 0.3) is 0 Å². The molecule has 0 spiro atoms. The maximum Gasteiger partial charge on any atom is 0.168 e. The fourth-order valence-corrected chi connectivity index (χ4v) is 3.57. The van der Waals surface area contributed by atoms with Crippen molar-refractivity contribution in [2.45, 2.75) is 50.6 Å². The van der Waals surface area contributed by atoms with Crippen LogP contribution in [0, 0.1) is 5.82 Å². The summed E-state index contributed by atoms with van der Waals surface area (Å²) in [6, 6.07) is 7.74. The van der Waals surface area contributed by atoms with Crippen LogP contribution in [-0.4, -0.2) is 38.2 Å². The van der Waals surface area contributed by atoms with E-state index in [-0.39, 0.29) is 11.9 Å². The molecule has 0 radical (unpaired) electrons. The van der Waals surface area contributed by atoms with Gasteiger partial charge in [0.1, 0.15) is 5.82 Å². The maximum absolute atomic E-state index is 13.1. The summed E-state index contributed by atoms with van der Waals surface area (Å²) in [7, 11) is 0. The first kappa shape index (κ1) is 14.8. The molecule has 2 aliphatic rings. The number of tetrazole rings is 1. The van der Waals surface area contributed by atoms with Gasteiger partial charge in [-0.3, -0.25) is 4.90 Å². The van der Waals surface area contributed by atoms with Crippen LogP contribution in [0.2, 0.25) is 0 Å². The van der Waals surface area contributed by atoms with Crippen LogP contribution in [-0.2, 0) is 0 Å². The van der Waals surface area contributed by atoms with Gasteiger partial charge in [-0.2, -0.15) is 0 Å². The number of hydrogen-bond donors (Lipinski definition) is 0. The quantitative estimate of drug-likeness (QED) is 0.870. The molecule has 1 aromatic carbocycles. The topological polar surface area (TPSA) is 46.8 Å². The van der Waals surface area contributed by atoms with Crippen LogP contribution in [0.5, 0.6) is 0 Å². The van der Waals surface area contributed by atoms with Gasteiger partial charge >= 0.3 is 0 Å². The number of piperidine rings is 1. The number of likely N-dealkylation sites (tertiary alicyclic amines) is 1. The number of nitrogens with zero attached hydrogens (tertiary/aromatic N) is 5. The molecule has 1 saturated carbocycles. The smallest absolute Gasteiger partial charge is 0.168 e. The predicted octanol–water partition coefficient (Wildman–Crippen LogP) is 3.09. The third-order valence-electron chi connectivity index (χ3n) is 5.20. The fourth-order valence-electron chi connectivity index (χ4n) is 3.57. The van der Waals surface area contributed by atoms with E-state index in [1.807, 2.05) is 16.8 Å². The van der Waals surface area contributed by atoms with Crippen molar-refractivity contribution in [1.29, 1.82) is 0 Å². The fraction of sp³-hybridized carbons (Fsp3) is 0.588. The lowest BCUT2D eigenvalue weighted by molar-refractivity contribution is 0.153. The summed E-state index contributed by atoms with van der Waals surface area (Å²) in [5.41, 5.74) is 1.25. The van der Waals surface area contributed by atoms with E-state index >= 15 is 0 Å². The van der Waals surface area contributed by atoms with Gasteiger partial charge < -0.3 is 0 Å². The van der Waals surface area contributed by atoms with Gasteiger partial charge in [0.15, 0.2) is 5.82 Å². The molecular formula is C17H22FN5. The molecule has 1 saturated heterocycles. The van der Waals surface area contributed by atoms with Crippen molar-refractivity contribution < 1.29 is 4.39 Å². The summed E-state index contributed by atoms with van der Waals surface area (Å²) in [6.07, 6.45) is 4.58. The highest BCUT2D eigenvalue weighted by Crippen LogP contribution is 2.37. The summed E-state index contributed by atoms with van der Waals surface area (Å²) < 4.78 is 15.1. The van der Waals surface area contributed by atoms with E-state index in [0.717, 1.165) is 31.8 Å². The molecule has 5 nitrogen and oxygen atoms in total. The minimum atomic E-state index is -0.160. The second-order valence-corrected chi connectivity index (χ2v) is 6.75. The number of aromatic nitrogens is 4. The van der Waals surface area contributed by atoms with E-state index in [1.165, 1.54) is 18.4 Å². The average Bonchev–Trinajstić information content (AvgIpc) is 3.32. The van der Waals surface area contributed by atoms with Gasteiger partial charge in [0.25, 0.3) is 0 Å². The van der Waals surface area contributed by atoms with Crippen molar-refractivity contribution in [2.24, 2.45) is 0 Å². The van der Waals surface area contributed by atoms with Crippen molar-refractivity contribution in [3.63, 3.8) is 0 Å². The molecule has 23 heavy (non-hydrogen) atoms. The Labute approximate surface area is 135 Å². The van der Waals surface area contributed by atoms with Crippen molar-refractivity contribution in [3.8, 4) is 0 Å². The number of hydrogen-bond acceptors (Lipinski definition) is 4. The minimum Gasteiger partial charge on any atom is -0.294 e. The molecule has 4 rings (SSSR count). The van der Waals surface area contributed by atoms with Crippen LogP contribution < -0.4 is 0 Å². The summed E-state index contributed by atoms with van der Waals surface area (Å²) in [4.78, 5) is 2.46. The van der Waals surface area contributed by atoms with Crippen LogP contribution in [0.3, 0.4) is 0 Å². The number of rotatable bonds is 4. The molecule has 1 aliphatic carbocycles. The molecule has 6 heteroatoms. The molecule has 1 aliphatic heterocycles. The Balaban J connectivity index is 1.40. The Morgan fingerprint density at radius 1 is 1.09 bits per heavy atom. The molecular weight excluding hydrogens is 293 g/mol. The lowest BCUT2D eigenvalue weighted by Crippen LogP contribution is -2.36. The standard InChI is InChI=1S/C17H22FN5/c1-12(17-19-20-21-23(17)16-6-7-16)22-10-8-14(9-11-22)13-2-4-15(18)5-3-13/h2-5,12,14,16H,6-11H2,1H3. The molecule has 1 aromatic heterocycles. The summed E-state index contributed by atoms with van der Waals surface area (Å²) in [5, 5.41) is 12.3. The highest BCUT2D eigenvalue weighted by atomic mass is 19.1. The van der Waals surface area contributed by atoms with Gasteiger partial charge in [-0.15, -0.1) is 5.10 Å². The lowest BCUT2D eigenvalue weighted by atomic mass is 9.89. The highest BCUT2D eigenvalue weighted by Gasteiger charge is 2.32. The molecule has 2 heterocycles. The summed E-state index contributed by atoms with van der Waals surface area (Å²) >= 11 is 0. The normalized spacial score (nSPS) is 21.5. The Bertz CT molecular complexity index is 656. The van der Waals surface area contributed by atoms with Crippen LogP contribution >= 0.6 is 0 Å². The molecule has 1 unspecified atom stereocenters. The monoisotopic (exact) mass is 315 g/mol. The second-order valence-electron chi connectivity index (χ2n) is 6.75. The Morgan fingerprint density at radius 2 is 1.78 bits per heavy atom. The van der Waals surface area contributed by atoms with Crippen molar-refractivity contribution in [1.82, 2.24) is 25.1 Å². The largest absolute Gasteiger partial charge is 0.294 e. The van der Waals surface area contributed by atoms with Gasteiger partial charge in [0.05, 0.1) is 12.1 Å². The van der Waals surface area contributed by atoms with Crippen LogP contribution in [0.15, 0.2) is 24.3 Å². The minimum absolute atomic E-state index is 0.160. The van der Waals surface area contributed by atoms with Gasteiger partial charge in [0.2, 0.25) is 0 Å². The molecule has 1 atom stereocenters. The lowest BCUT2D eigenvalue weighted by Gasteiger charge is -2.35. The zero-order valence-corrected chi connectivity index (χ0v) is 13.4. The molecule has 2 aromatic rings. The van der Waals surface area contributed by atoms with Crippen molar-refractivity contribution in [2.75, 3.05) is 13.1 Å². The molecule has 122 valence electrons. The van der Waals surface area contributed by atoms with Gasteiger partial charge in [0, 0.05) is 0 Å². The number of benzene rings is 1. The van der Waals surface area contributed by atoms with Crippen molar-refractivity contribution >= 4 is 0 Å². The zero-order chi connectivity index (χ0) is 15.8. The van der Waals surface area contributed by atoms with Crippen LogP contribution in [0.4, 0.5) is 4.39 Å². The molecule has 0 bridgehead atoms. The first-order valence-corrected chi connectivity index (χ1v) is 8.49. The third-order valence-corrected chi connectivity index (χ3v) is 5.20. The summed E-state index contributed by atoms with van der Waals surface area (Å²) in [5.74, 6) is 1.36. The second kappa shape index (κ2) is 6.00. The maximum atomic E-state index is 13.1. The average molecular weight is 315 g/mol. The third kappa shape index (κ3) is 3.00. The van der Waals surface area contributed by atoms with Gasteiger partial charge in [-0.05, 0) is 79.7 Å². The van der Waals surface area contributed by atoms with Crippen LogP contribution in [0.1, 0.15) is 62.0 Å². The molecule has 0 amide bonds. The Morgan fingerprint density at radius 3 is 2.43 bits per heavy atom. The van der Waals surface area contributed by atoms with Gasteiger partial charge in [-0.25, -0.2) is 9.07 Å². The van der Waals surface area contributed by atoms with Gasteiger partial charge in [-0.1, -0.05) is 12.1 Å². The van der Waals surface area contributed by atoms with E-state index in [2.05, 4.69) is 27.3 Å². The SMILES string of the molecule is CC(c1nnnn1C1CC1)N1CCC(c2ccc(F)cc2)CC1. The molecule has 2 fully saturated rings. The van der Waals surface area contributed by atoms with E-state index in [4.69, 9.17) is 0 Å². The Kier molecular flexibility index (Phi) is 3.85. The van der Waals surface area contributed by atoms with E-state index in [0.29, 0.717) is 12.0 Å². The predicted molar refractivity (Wildman–Crippen MR) is 84.5 cm³/mol. The highest BCUT2D eigenvalue weighted by molar-refractivity contribution is 5.21. The van der Waals surface area contributed by atoms with E-state index in [9.17, 15) is 4.39 Å². The Hall–Kier alpha value is -1.82. The van der Waals surface area contributed by atoms with Crippen molar-refractivity contribution in [3.05, 3.63) is 41.5 Å². The first-order valence-electron chi connectivity index (χ1n) is 8.49.